The molecule has 1 fully saturated rings. The van der Waals surface area contributed by atoms with Crippen molar-refractivity contribution in [3.05, 3.63) is 47.7 Å². The van der Waals surface area contributed by atoms with Crippen LogP contribution in [0.15, 0.2) is 36.4 Å². The Morgan fingerprint density at radius 3 is 2.72 bits per heavy atom. The smallest absolute Gasteiger partial charge is 0.229 e. The molecular formula is C20H23N5O3S. The highest BCUT2D eigenvalue weighted by Crippen LogP contribution is 2.33. The fourth-order valence-corrected chi connectivity index (χ4v) is 3.95. The number of nitrogens with one attached hydrogen (secondary N) is 2. The molecule has 0 aliphatic carbocycles. The number of benzene rings is 2. The lowest BCUT2D eigenvalue weighted by molar-refractivity contribution is 0.123. The molecule has 1 aromatic heterocycles. The lowest BCUT2D eigenvalue weighted by atomic mass is 10.1. The summed E-state index contributed by atoms with van der Waals surface area (Å²) in [6.45, 7) is 2.60. The molecule has 1 aliphatic rings. The number of hydrogen-bond donors (Lipinski definition) is 3. The molecule has 2 heterocycles. The number of anilines is 3. The maximum absolute atomic E-state index is 11.9. The third-order valence-corrected chi connectivity index (χ3v) is 5.29. The van der Waals surface area contributed by atoms with Gasteiger partial charge in [-0.3, -0.25) is 9.82 Å². The maximum Gasteiger partial charge on any atom is 0.229 e. The van der Waals surface area contributed by atoms with Gasteiger partial charge in [-0.2, -0.15) is 5.10 Å². The van der Waals surface area contributed by atoms with Crippen LogP contribution in [-0.4, -0.2) is 51.2 Å². The summed E-state index contributed by atoms with van der Waals surface area (Å²) >= 11 is 0. The number of fused-ring (bicyclic) bond motifs is 1. The van der Waals surface area contributed by atoms with E-state index in [0.29, 0.717) is 43.4 Å². The van der Waals surface area contributed by atoms with Gasteiger partial charge in [-0.05, 0) is 35.9 Å². The second kappa shape index (κ2) is 7.76. The van der Waals surface area contributed by atoms with E-state index in [1.54, 1.807) is 0 Å². The summed E-state index contributed by atoms with van der Waals surface area (Å²) in [7, 11) is -3.43. The molecule has 152 valence electrons. The Hall–Kier alpha value is -3.04. The molecule has 1 aliphatic heterocycles. The predicted molar refractivity (Wildman–Crippen MR) is 117 cm³/mol. The number of nitrogens with two attached hydrogens (primary N) is 1. The van der Waals surface area contributed by atoms with Crippen molar-refractivity contribution in [2.75, 3.05) is 47.9 Å². The van der Waals surface area contributed by atoms with E-state index in [1.165, 1.54) is 0 Å². The highest BCUT2D eigenvalue weighted by Gasteiger charge is 2.19. The molecule has 2 aromatic carbocycles. The maximum atomic E-state index is 11.9. The van der Waals surface area contributed by atoms with E-state index >= 15 is 0 Å². The van der Waals surface area contributed by atoms with Gasteiger partial charge < -0.3 is 15.4 Å². The minimum absolute atomic E-state index is 0.530. The van der Waals surface area contributed by atoms with Crippen LogP contribution in [0.3, 0.4) is 0 Å². The first-order valence-electron chi connectivity index (χ1n) is 9.25. The highest BCUT2D eigenvalue weighted by molar-refractivity contribution is 7.92. The van der Waals surface area contributed by atoms with Crippen LogP contribution in [0.4, 0.5) is 17.1 Å². The molecule has 8 nitrogen and oxygen atoms in total. The van der Waals surface area contributed by atoms with Crippen molar-refractivity contribution in [3.63, 3.8) is 0 Å². The zero-order chi connectivity index (χ0) is 20.4. The van der Waals surface area contributed by atoms with E-state index in [9.17, 15) is 8.42 Å². The van der Waals surface area contributed by atoms with Crippen LogP contribution >= 0.6 is 0 Å². The van der Waals surface area contributed by atoms with E-state index in [2.05, 4.69) is 19.8 Å². The van der Waals surface area contributed by atoms with Gasteiger partial charge >= 0.3 is 0 Å². The zero-order valence-corrected chi connectivity index (χ0v) is 16.9. The first-order valence-corrected chi connectivity index (χ1v) is 11.1. The molecule has 4 N–H and O–H groups in total. The molecule has 9 heteroatoms. The standard InChI is InChI=1S/C20H23N5O3S/c1-29(26,27)24-19-12-16-17(6-5-14-3-2-4-15(21)11-14)22-23-18(16)13-20(19)25-7-9-28-10-8-25/h2-6,11-13,24H,7-10,21H2,1H3,(H,22,23). The van der Waals surface area contributed by atoms with Crippen LogP contribution in [0.5, 0.6) is 0 Å². The minimum atomic E-state index is -3.43. The Morgan fingerprint density at radius 2 is 2.00 bits per heavy atom. The van der Waals surface area contributed by atoms with Crippen molar-refractivity contribution in [1.29, 1.82) is 0 Å². The van der Waals surface area contributed by atoms with Gasteiger partial charge in [0.05, 0.1) is 42.1 Å². The topological polar surface area (TPSA) is 113 Å². The SMILES string of the molecule is CS(=O)(=O)Nc1cc2c(C=Cc3cccc(N)c3)n[nH]c2cc1N1CCOCC1. The molecular weight excluding hydrogens is 390 g/mol. The Bertz CT molecular complexity index is 1160. The lowest BCUT2D eigenvalue weighted by Gasteiger charge is -2.30. The van der Waals surface area contributed by atoms with E-state index in [4.69, 9.17) is 10.5 Å². The van der Waals surface area contributed by atoms with E-state index < -0.39 is 10.0 Å². The molecule has 3 aromatic rings. The molecule has 0 spiro atoms. The Labute approximate surface area is 169 Å². The molecule has 0 saturated carbocycles. The number of aromatic amines is 1. The van der Waals surface area contributed by atoms with Gasteiger partial charge in [0, 0.05) is 24.2 Å². The number of hydrogen-bond acceptors (Lipinski definition) is 6. The van der Waals surface area contributed by atoms with Crippen LogP contribution in [0.2, 0.25) is 0 Å². The molecule has 29 heavy (non-hydrogen) atoms. The van der Waals surface area contributed by atoms with Crippen molar-refractivity contribution >= 4 is 50.1 Å². The molecule has 0 amide bonds. The summed E-state index contributed by atoms with van der Waals surface area (Å²) in [4.78, 5) is 2.11. The van der Waals surface area contributed by atoms with Crippen LogP contribution < -0.4 is 15.4 Å². The van der Waals surface area contributed by atoms with Gasteiger partial charge in [0.15, 0.2) is 0 Å². The number of rotatable bonds is 5. The first kappa shape index (κ1) is 19.3. The predicted octanol–water partition coefficient (Wildman–Crippen LogP) is 2.52. The summed E-state index contributed by atoms with van der Waals surface area (Å²) in [6.07, 6.45) is 4.95. The number of nitrogen functional groups attached to an aromatic ring is 1. The van der Waals surface area contributed by atoms with Gasteiger partial charge in [0.25, 0.3) is 0 Å². The van der Waals surface area contributed by atoms with Gasteiger partial charge in [-0.25, -0.2) is 8.42 Å². The van der Waals surface area contributed by atoms with Crippen LogP contribution in [0.1, 0.15) is 11.3 Å². The summed E-state index contributed by atoms with van der Waals surface area (Å²) in [5.41, 5.74) is 10.4. The number of nitrogens with zero attached hydrogens (tertiary/aromatic N) is 2. The van der Waals surface area contributed by atoms with E-state index in [-0.39, 0.29) is 0 Å². The number of sulfonamides is 1. The minimum Gasteiger partial charge on any atom is -0.399 e. The highest BCUT2D eigenvalue weighted by atomic mass is 32.2. The third kappa shape index (κ3) is 4.52. The fraction of sp³-hybridized carbons (Fsp3) is 0.250. The van der Waals surface area contributed by atoms with Crippen LogP contribution in [0, 0.1) is 0 Å². The second-order valence-electron chi connectivity index (χ2n) is 7.00. The van der Waals surface area contributed by atoms with Crippen LogP contribution in [0.25, 0.3) is 23.1 Å². The molecule has 0 atom stereocenters. The average molecular weight is 414 g/mol. The first-order chi connectivity index (χ1) is 13.9. The third-order valence-electron chi connectivity index (χ3n) is 4.70. The summed E-state index contributed by atoms with van der Waals surface area (Å²) in [6, 6.07) is 11.3. The number of morpholine rings is 1. The fourth-order valence-electron chi connectivity index (χ4n) is 3.39. The van der Waals surface area contributed by atoms with E-state index in [0.717, 1.165) is 28.4 Å². The van der Waals surface area contributed by atoms with Gasteiger partial charge in [0.1, 0.15) is 0 Å². The van der Waals surface area contributed by atoms with Crippen LogP contribution in [-0.2, 0) is 14.8 Å². The normalized spacial score (nSPS) is 15.3. The Kier molecular flexibility index (Phi) is 5.16. The molecule has 4 rings (SSSR count). The number of aromatic nitrogens is 2. The zero-order valence-electron chi connectivity index (χ0n) is 16.1. The molecule has 0 bridgehead atoms. The van der Waals surface area contributed by atoms with Crippen molar-refractivity contribution < 1.29 is 13.2 Å². The number of H-pyrrole nitrogens is 1. The Balaban J connectivity index is 1.75. The molecule has 0 radical (unpaired) electrons. The lowest BCUT2D eigenvalue weighted by Crippen LogP contribution is -2.36. The van der Waals surface area contributed by atoms with Crippen molar-refractivity contribution in [1.82, 2.24) is 10.2 Å². The largest absolute Gasteiger partial charge is 0.399 e. The van der Waals surface area contributed by atoms with Crippen molar-refractivity contribution in [2.45, 2.75) is 0 Å². The summed E-state index contributed by atoms with van der Waals surface area (Å²) in [5, 5.41) is 8.26. The monoisotopic (exact) mass is 413 g/mol. The van der Waals surface area contributed by atoms with Gasteiger partial charge in [0.2, 0.25) is 10.0 Å². The van der Waals surface area contributed by atoms with E-state index in [1.807, 2.05) is 48.6 Å². The summed E-state index contributed by atoms with van der Waals surface area (Å²) < 4.78 is 31.9. The molecule has 1 saturated heterocycles. The van der Waals surface area contributed by atoms with Crippen molar-refractivity contribution in [3.8, 4) is 0 Å². The quantitative estimate of drug-likeness (QED) is 0.554. The second-order valence-corrected chi connectivity index (χ2v) is 8.75. The average Bonchev–Trinajstić information content (AvgIpc) is 3.07. The molecule has 0 unspecified atom stereocenters. The van der Waals surface area contributed by atoms with Gasteiger partial charge in [-0.15, -0.1) is 0 Å². The summed E-state index contributed by atoms with van der Waals surface area (Å²) in [5.74, 6) is 0. The number of ether oxygens (including phenoxy) is 1. The Morgan fingerprint density at radius 1 is 1.21 bits per heavy atom. The van der Waals surface area contributed by atoms with Crippen molar-refractivity contribution in [2.24, 2.45) is 0 Å². The van der Waals surface area contributed by atoms with Gasteiger partial charge in [-0.1, -0.05) is 18.2 Å².